The molecule has 2 heterocycles. The fourth-order valence-corrected chi connectivity index (χ4v) is 2.40. The van der Waals surface area contributed by atoms with Crippen LogP contribution in [0, 0.1) is 5.82 Å². The molecule has 6 heteroatoms. The first-order valence-electron chi connectivity index (χ1n) is 6.92. The van der Waals surface area contributed by atoms with Crippen LogP contribution >= 0.6 is 0 Å². The molecule has 1 aromatic carbocycles. The first-order valence-corrected chi connectivity index (χ1v) is 6.92. The van der Waals surface area contributed by atoms with Gasteiger partial charge in [-0.2, -0.15) is 5.10 Å². The van der Waals surface area contributed by atoms with Gasteiger partial charge in [-0.3, -0.25) is 9.48 Å². The quantitative estimate of drug-likeness (QED) is 0.945. The molecule has 1 amide bonds. The average molecular weight is 289 g/mol. The van der Waals surface area contributed by atoms with E-state index in [9.17, 15) is 9.18 Å². The molecule has 0 aliphatic carbocycles. The van der Waals surface area contributed by atoms with Crippen molar-refractivity contribution in [2.75, 3.05) is 18.5 Å². The van der Waals surface area contributed by atoms with Gasteiger partial charge in [0.15, 0.2) is 0 Å². The van der Waals surface area contributed by atoms with Crippen molar-refractivity contribution in [3.05, 3.63) is 48.0 Å². The lowest BCUT2D eigenvalue weighted by Gasteiger charge is -2.22. The summed E-state index contributed by atoms with van der Waals surface area (Å²) >= 11 is 0. The van der Waals surface area contributed by atoms with Gasteiger partial charge < -0.3 is 10.1 Å². The molecule has 1 aliphatic heterocycles. The Morgan fingerprint density at radius 3 is 2.86 bits per heavy atom. The lowest BCUT2D eigenvalue weighted by atomic mass is 10.1. The predicted octanol–water partition coefficient (Wildman–Crippen LogP) is 2.63. The Morgan fingerprint density at radius 2 is 2.10 bits per heavy atom. The summed E-state index contributed by atoms with van der Waals surface area (Å²) in [7, 11) is 0. The number of nitrogens with zero attached hydrogens (tertiary/aromatic N) is 2. The molecule has 21 heavy (non-hydrogen) atoms. The summed E-state index contributed by atoms with van der Waals surface area (Å²) in [6.45, 7) is 1.45. The Balaban J connectivity index is 1.69. The largest absolute Gasteiger partial charge is 0.381 e. The van der Waals surface area contributed by atoms with Crippen LogP contribution in [0.5, 0.6) is 0 Å². The zero-order chi connectivity index (χ0) is 14.7. The molecular formula is C15H16FN3O2. The summed E-state index contributed by atoms with van der Waals surface area (Å²) in [6, 6.07) is 6.19. The standard InChI is InChI=1S/C15H16FN3O2/c16-14-4-2-1-3-13(14)15(20)18-11-9-17-19(10-11)12-5-7-21-8-6-12/h1-4,9-10,12H,5-8H2,(H,18,20). The number of hydrogen-bond donors (Lipinski definition) is 1. The summed E-state index contributed by atoms with van der Waals surface area (Å²) < 4.78 is 20.7. The number of amides is 1. The van der Waals surface area contributed by atoms with Crippen LogP contribution in [-0.4, -0.2) is 28.9 Å². The van der Waals surface area contributed by atoms with Gasteiger partial charge in [0.25, 0.3) is 5.91 Å². The van der Waals surface area contributed by atoms with Gasteiger partial charge in [0.05, 0.1) is 23.5 Å². The highest BCUT2D eigenvalue weighted by Crippen LogP contribution is 2.21. The molecule has 1 fully saturated rings. The van der Waals surface area contributed by atoms with Crippen LogP contribution in [0.25, 0.3) is 0 Å². The summed E-state index contributed by atoms with van der Waals surface area (Å²) in [6.07, 6.45) is 5.16. The number of hydrogen-bond acceptors (Lipinski definition) is 3. The molecule has 0 radical (unpaired) electrons. The van der Waals surface area contributed by atoms with Crippen LogP contribution in [0.2, 0.25) is 0 Å². The molecule has 0 bridgehead atoms. The smallest absolute Gasteiger partial charge is 0.258 e. The van der Waals surface area contributed by atoms with E-state index in [1.807, 2.05) is 4.68 Å². The molecule has 0 atom stereocenters. The number of carbonyl (C=O) groups excluding carboxylic acids is 1. The molecule has 0 spiro atoms. The number of benzene rings is 1. The van der Waals surface area contributed by atoms with E-state index in [0.717, 1.165) is 26.1 Å². The second-order valence-corrected chi connectivity index (χ2v) is 4.99. The van der Waals surface area contributed by atoms with Crippen LogP contribution in [0.4, 0.5) is 10.1 Å². The Labute approximate surface area is 121 Å². The maximum atomic E-state index is 13.5. The van der Waals surface area contributed by atoms with Crippen LogP contribution < -0.4 is 5.32 Å². The minimum atomic E-state index is -0.535. The van der Waals surface area contributed by atoms with Gasteiger partial charge in [-0.1, -0.05) is 12.1 Å². The third-order valence-electron chi connectivity index (χ3n) is 3.54. The van der Waals surface area contributed by atoms with Crippen molar-refractivity contribution in [3.63, 3.8) is 0 Å². The molecule has 0 saturated carbocycles. The van der Waals surface area contributed by atoms with E-state index in [2.05, 4.69) is 10.4 Å². The fourth-order valence-electron chi connectivity index (χ4n) is 2.40. The van der Waals surface area contributed by atoms with Gasteiger partial charge in [-0.15, -0.1) is 0 Å². The third-order valence-corrected chi connectivity index (χ3v) is 3.54. The van der Waals surface area contributed by atoms with Gasteiger partial charge in [0, 0.05) is 19.4 Å². The zero-order valence-corrected chi connectivity index (χ0v) is 11.5. The Morgan fingerprint density at radius 1 is 1.33 bits per heavy atom. The molecule has 5 nitrogen and oxygen atoms in total. The molecule has 0 unspecified atom stereocenters. The third kappa shape index (κ3) is 3.11. The van der Waals surface area contributed by atoms with E-state index in [0.29, 0.717) is 5.69 Å². The second kappa shape index (κ2) is 6.05. The van der Waals surface area contributed by atoms with Gasteiger partial charge in [0.1, 0.15) is 5.82 Å². The molecular weight excluding hydrogens is 273 g/mol. The van der Waals surface area contributed by atoms with Crippen molar-refractivity contribution in [1.82, 2.24) is 9.78 Å². The summed E-state index contributed by atoms with van der Waals surface area (Å²) in [5, 5.41) is 6.93. The summed E-state index contributed by atoms with van der Waals surface area (Å²) in [5.41, 5.74) is 0.589. The van der Waals surface area contributed by atoms with E-state index < -0.39 is 11.7 Å². The number of anilines is 1. The van der Waals surface area contributed by atoms with Crippen molar-refractivity contribution >= 4 is 11.6 Å². The average Bonchev–Trinajstić information content (AvgIpc) is 2.97. The van der Waals surface area contributed by atoms with Crippen molar-refractivity contribution in [2.24, 2.45) is 0 Å². The Bertz CT molecular complexity index is 635. The minimum absolute atomic E-state index is 0.0244. The van der Waals surface area contributed by atoms with E-state index in [-0.39, 0.29) is 11.6 Å². The topological polar surface area (TPSA) is 56.2 Å². The number of rotatable bonds is 3. The Kier molecular flexibility index (Phi) is 3.96. The number of ether oxygens (including phenoxy) is 1. The first kappa shape index (κ1) is 13.8. The van der Waals surface area contributed by atoms with Crippen LogP contribution in [-0.2, 0) is 4.74 Å². The summed E-state index contributed by atoms with van der Waals surface area (Å²) in [5.74, 6) is -1.01. The second-order valence-electron chi connectivity index (χ2n) is 4.99. The lowest BCUT2D eigenvalue weighted by Crippen LogP contribution is -2.19. The lowest BCUT2D eigenvalue weighted by molar-refractivity contribution is 0.0662. The van der Waals surface area contributed by atoms with E-state index in [1.165, 1.54) is 12.1 Å². The van der Waals surface area contributed by atoms with Crippen LogP contribution in [0.1, 0.15) is 29.2 Å². The van der Waals surface area contributed by atoms with E-state index >= 15 is 0 Å². The number of aromatic nitrogens is 2. The minimum Gasteiger partial charge on any atom is -0.381 e. The van der Waals surface area contributed by atoms with Gasteiger partial charge >= 0.3 is 0 Å². The highest BCUT2D eigenvalue weighted by atomic mass is 19.1. The fraction of sp³-hybridized carbons (Fsp3) is 0.333. The normalized spacial score (nSPS) is 15.9. The predicted molar refractivity (Wildman–Crippen MR) is 75.7 cm³/mol. The highest BCUT2D eigenvalue weighted by Gasteiger charge is 2.17. The van der Waals surface area contributed by atoms with Crippen molar-refractivity contribution in [3.8, 4) is 0 Å². The molecule has 1 saturated heterocycles. The molecule has 1 aromatic heterocycles. The zero-order valence-electron chi connectivity index (χ0n) is 11.5. The molecule has 110 valence electrons. The number of halogens is 1. The highest BCUT2D eigenvalue weighted by molar-refractivity contribution is 6.04. The molecule has 1 aliphatic rings. The van der Waals surface area contributed by atoms with Gasteiger partial charge in [-0.25, -0.2) is 4.39 Å². The number of nitrogens with one attached hydrogen (secondary N) is 1. The van der Waals surface area contributed by atoms with Crippen molar-refractivity contribution in [2.45, 2.75) is 18.9 Å². The first-order chi connectivity index (χ1) is 10.2. The van der Waals surface area contributed by atoms with Gasteiger partial charge in [0.2, 0.25) is 0 Å². The van der Waals surface area contributed by atoms with Gasteiger partial charge in [-0.05, 0) is 25.0 Å². The summed E-state index contributed by atoms with van der Waals surface area (Å²) in [4.78, 5) is 12.0. The molecule has 2 aromatic rings. The maximum absolute atomic E-state index is 13.5. The molecule has 3 rings (SSSR count). The maximum Gasteiger partial charge on any atom is 0.258 e. The van der Waals surface area contributed by atoms with E-state index in [4.69, 9.17) is 4.74 Å². The molecule has 1 N–H and O–H groups in total. The van der Waals surface area contributed by atoms with Crippen molar-refractivity contribution < 1.29 is 13.9 Å². The number of carbonyl (C=O) groups is 1. The van der Waals surface area contributed by atoms with E-state index in [1.54, 1.807) is 24.5 Å². The van der Waals surface area contributed by atoms with Crippen LogP contribution in [0.3, 0.4) is 0 Å². The van der Waals surface area contributed by atoms with Crippen molar-refractivity contribution in [1.29, 1.82) is 0 Å². The van der Waals surface area contributed by atoms with Crippen LogP contribution in [0.15, 0.2) is 36.7 Å². The Hall–Kier alpha value is -2.21. The monoisotopic (exact) mass is 289 g/mol. The SMILES string of the molecule is O=C(Nc1cnn(C2CCOCC2)c1)c1ccccc1F.